The van der Waals surface area contributed by atoms with Crippen LogP contribution in [0.4, 0.5) is 0 Å². The van der Waals surface area contributed by atoms with E-state index in [9.17, 15) is 0 Å². The van der Waals surface area contributed by atoms with Crippen LogP contribution in [0.15, 0.2) is 24.3 Å². The molecule has 2 aliphatic carbocycles. The van der Waals surface area contributed by atoms with Gasteiger partial charge < -0.3 is 5.73 Å². The molecule has 0 aliphatic heterocycles. The fourth-order valence-electron chi connectivity index (χ4n) is 2.17. The Hall–Kier alpha value is -0.560. The maximum Gasteiger partial charge on any atom is 0.0290 e. The lowest BCUT2D eigenvalue weighted by Gasteiger charge is -2.33. The molecule has 0 saturated heterocycles. The van der Waals surface area contributed by atoms with Gasteiger partial charge in [-0.25, -0.2) is 0 Å². The molecule has 0 saturated carbocycles. The van der Waals surface area contributed by atoms with Gasteiger partial charge in [0, 0.05) is 6.04 Å². The summed E-state index contributed by atoms with van der Waals surface area (Å²) in [5.74, 6) is 1.47. The first kappa shape index (κ1) is 7.11. The quantitative estimate of drug-likeness (QED) is 0.523. The third-order valence-electron chi connectivity index (χ3n) is 2.85. The molecule has 3 atom stereocenters. The molecule has 1 heteroatoms. The Kier molecular flexibility index (Phi) is 1.82. The summed E-state index contributed by atoms with van der Waals surface area (Å²) in [6, 6.07) is 0.283. The van der Waals surface area contributed by atoms with E-state index in [4.69, 9.17) is 5.73 Å². The highest BCUT2D eigenvalue weighted by molar-refractivity contribution is 5.12. The molecule has 2 rings (SSSR count). The summed E-state index contributed by atoms with van der Waals surface area (Å²) < 4.78 is 0. The highest BCUT2D eigenvalue weighted by atomic mass is 14.6. The lowest BCUT2D eigenvalue weighted by molar-refractivity contribution is 0.321. The first-order valence-corrected chi connectivity index (χ1v) is 4.47. The van der Waals surface area contributed by atoms with Crippen molar-refractivity contribution in [2.45, 2.75) is 25.3 Å². The molecule has 0 radical (unpaired) electrons. The van der Waals surface area contributed by atoms with Crippen molar-refractivity contribution in [3.05, 3.63) is 24.3 Å². The van der Waals surface area contributed by atoms with Gasteiger partial charge in [-0.1, -0.05) is 24.3 Å². The summed E-state index contributed by atoms with van der Waals surface area (Å²) in [5, 5.41) is 0. The lowest BCUT2D eigenvalue weighted by atomic mass is 9.75. The number of allylic oxidation sites excluding steroid dienone is 2. The van der Waals surface area contributed by atoms with Crippen molar-refractivity contribution < 1.29 is 0 Å². The highest BCUT2D eigenvalue weighted by Crippen LogP contribution is 2.32. The Balaban J connectivity index is 2.18. The Labute approximate surface area is 68.0 Å². The predicted octanol–water partition coefficient (Wildman–Crippen LogP) is 1.86. The summed E-state index contributed by atoms with van der Waals surface area (Å²) in [6.07, 6.45) is 12.8. The molecule has 2 aliphatic rings. The molecule has 11 heavy (non-hydrogen) atoms. The summed E-state index contributed by atoms with van der Waals surface area (Å²) in [5.41, 5.74) is 5.95. The van der Waals surface area contributed by atoms with E-state index in [1.54, 1.807) is 0 Å². The summed E-state index contributed by atoms with van der Waals surface area (Å²) in [7, 11) is 0. The smallest absolute Gasteiger partial charge is 0.0290 e. The van der Waals surface area contributed by atoms with E-state index in [1.165, 1.54) is 19.3 Å². The monoisotopic (exact) mass is 149 g/mol. The minimum atomic E-state index is 0.283. The van der Waals surface area contributed by atoms with E-state index in [0.717, 1.165) is 5.92 Å². The summed E-state index contributed by atoms with van der Waals surface area (Å²) in [6.45, 7) is 0. The maximum atomic E-state index is 5.95. The standard InChI is InChI=1S/C10H15N/c11-10-7-3-5-8-4-1-2-6-9(8)10/h2-3,6-10H,1,4-5,11H2. The molecule has 0 fully saturated rings. The van der Waals surface area contributed by atoms with Crippen LogP contribution in [0.2, 0.25) is 0 Å². The zero-order valence-corrected chi connectivity index (χ0v) is 6.74. The molecule has 3 unspecified atom stereocenters. The fourth-order valence-corrected chi connectivity index (χ4v) is 2.17. The van der Waals surface area contributed by atoms with Crippen molar-refractivity contribution in [2.24, 2.45) is 17.6 Å². The first-order chi connectivity index (χ1) is 5.38. The predicted molar refractivity (Wildman–Crippen MR) is 47.1 cm³/mol. The zero-order valence-electron chi connectivity index (χ0n) is 6.74. The van der Waals surface area contributed by atoms with Crippen LogP contribution < -0.4 is 5.73 Å². The molecule has 0 bridgehead atoms. The van der Waals surface area contributed by atoms with Gasteiger partial charge in [-0.15, -0.1) is 0 Å². The molecule has 60 valence electrons. The number of nitrogens with two attached hydrogens (primary N) is 1. The maximum absolute atomic E-state index is 5.95. The van der Waals surface area contributed by atoms with Crippen LogP contribution in [0.3, 0.4) is 0 Å². The molecule has 1 nitrogen and oxygen atoms in total. The van der Waals surface area contributed by atoms with E-state index >= 15 is 0 Å². The number of hydrogen-bond acceptors (Lipinski definition) is 1. The van der Waals surface area contributed by atoms with E-state index in [2.05, 4.69) is 24.3 Å². The van der Waals surface area contributed by atoms with Gasteiger partial charge >= 0.3 is 0 Å². The van der Waals surface area contributed by atoms with E-state index in [-0.39, 0.29) is 6.04 Å². The lowest BCUT2D eigenvalue weighted by Crippen LogP contribution is -2.35. The number of hydrogen-bond donors (Lipinski definition) is 1. The molecule has 0 heterocycles. The van der Waals surface area contributed by atoms with Gasteiger partial charge in [0.2, 0.25) is 0 Å². The van der Waals surface area contributed by atoms with Crippen molar-refractivity contribution in [1.29, 1.82) is 0 Å². The topological polar surface area (TPSA) is 26.0 Å². The molecular formula is C10H15N. The van der Waals surface area contributed by atoms with Crippen molar-refractivity contribution in [1.82, 2.24) is 0 Å². The second-order valence-corrected chi connectivity index (χ2v) is 3.58. The highest BCUT2D eigenvalue weighted by Gasteiger charge is 2.27. The minimum absolute atomic E-state index is 0.283. The van der Waals surface area contributed by atoms with Crippen molar-refractivity contribution in [2.75, 3.05) is 0 Å². The van der Waals surface area contributed by atoms with Gasteiger partial charge in [0.25, 0.3) is 0 Å². The fraction of sp³-hybridized carbons (Fsp3) is 0.600. The Morgan fingerprint density at radius 1 is 1.18 bits per heavy atom. The summed E-state index contributed by atoms with van der Waals surface area (Å²) >= 11 is 0. The molecule has 0 amide bonds. The summed E-state index contributed by atoms with van der Waals surface area (Å²) in [4.78, 5) is 0. The van der Waals surface area contributed by atoms with Gasteiger partial charge in [0.05, 0.1) is 0 Å². The van der Waals surface area contributed by atoms with Crippen LogP contribution in [-0.4, -0.2) is 6.04 Å². The average molecular weight is 149 g/mol. The third kappa shape index (κ3) is 1.25. The van der Waals surface area contributed by atoms with Crippen molar-refractivity contribution in [3.63, 3.8) is 0 Å². The van der Waals surface area contributed by atoms with Crippen LogP contribution in [-0.2, 0) is 0 Å². The first-order valence-electron chi connectivity index (χ1n) is 4.47. The van der Waals surface area contributed by atoms with Crippen molar-refractivity contribution >= 4 is 0 Å². The largest absolute Gasteiger partial charge is 0.324 e. The minimum Gasteiger partial charge on any atom is -0.324 e. The Bertz CT molecular complexity index is 193. The number of fused-ring (bicyclic) bond motifs is 1. The Morgan fingerprint density at radius 2 is 2.09 bits per heavy atom. The average Bonchev–Trinajstić information content (AvgIpc) is 2.06. The van der Waals surface area contributed by atoms with Gasteiger partial charge in [0.1, 0.15) is 0 Å². The van der Waals surface area contributed by atoms with Gasteiger partial charge in [-0.3, -0.25) is 0 Å². The van der Waals surface area contributed by atoms with E-state index in [0.29, 0.717) is 5.92 Å². The van der Waals surface area contributed by atoms with Gasteiger partial charge in [0.15, 0.2) is 0 Å². The van der Waals surface area contributed by atoms with Crippen LogP contribution in [0.5, 0.6) is 0 Å². The third-order valence-corrected chi connectivity index (χ3v) is 2.85. The van der Waals surface area contributed by atoms with E-state index < -0.39 is 0 Å². The molecule has 2 N–H and O–H groups in total. The molecule has 0 aromatic heterocycles. The molecule has 0 aromatic carbocycles. The van der Waals surface area contributed by atoms with E-state index in [1.807, 2.05) is 0 Å². The SMILES string of the molecule is NC1C=CCC2CCC=CC12. The van der Waals surface area contributed by atoms with Crippen molar-refractivity contribution in [3.8, 4) is 0 Å². The second-order valence-electron chi connectivity index (χ2n) is 3.58. The molecular weight excluding hydrogens is 134 g/mol. The van der Waals surface area contributed by atoms with Gasteiger partial charge in [-0.05, 0) is 31.1 Å². The number of rotatable bonds is 0. The van der Waals surface area contributed by atoms with Crippen LogP contribution in [0.25, 0.3) is 0 Å². The van der Waals surface area contributed by atoms with Crippen LogP contribution in [0.1, 0.15) is 19.3 Å². The van der Waals surface area contributed by atoms with Crippen LogP contribution >= 0.6 is 0 Å². The Morgan fingerprint density at radius 3 is 2.91 bits per heavy atom. The zero-order chi connectivity index (χ0) is 7.68. The molecule has 0 spiro atoms. The normalized spacial score (nSPS) is 42.1. The molecule has 0 aromatic rings. The van der Waals surface area contributed by atoms with Crippen LogP contribution in [0, 0.1) is 11.8 Å². The second kappa shape index (κ2) is 2.82. The van der Waals surface area contributed by atoms with Gasteiger partial charge in [-0.2, -0.15) is 0 Å².